The van der Waals surface area contributed by atoms with Gasteiger partial charge in [0, 0.05) is 4.90 Å². The fraction of sp³-hybridized carbons (Fsp3) is 0.500. The van der Waals surface area contributed by atoms with Gasteiger partial charge in [0.15, 0.2) is 0 Å². The first-order valence-corrected chi connectivity index (χ1v) is 6.40. The summed E-state index contributed by atoms with van der Waals surface area (Å²) in [7, 11) is 0. The average molecular weight is 223 g/mol. The molecule has 15 heavy (non-hydrogen) atoms. The Balaban J connectivity index is 1.72. The Morgan fingerprint density at radius 3 is 2.53 bits per heavy atom. The summed E-state index contributed by atoms with van der Waals surface area (Å²) < 4.78 is 0. The van der Waals surface area contributed by atoms with E-state index in [1.54, 1.807) is 0 Å². The molecule has 0 saturated carbocycles. The van der Waals surface area contributed by atoms with E-state index in [2.05, 4.69) is 17.4 Å². The summed E-state index contributed by atoms with van der Waals surface area (Å²) in [4.78, 5) is 1.31. The first kappa shape index (κ1) is 11.0. The Morgan fingerprint density at radius 1 is 1.27 bits per heavy atom. The lowest BCUT2D eigenvalue weighted by atomic mass is 10.0. The molecule has 1 aliphatic heterocycles. The summed E-state index contributed by atoms with van der Waals surface area (Å²) in [6, 6.07) is 8.17. The summed E-state index contributed by atoms with van der Waals surface area (Å²) >= 11 is 1.91. The van der Waals surface area contributed by atoms with Gasteiger partial charge in [-0.15, -0.1) is 11.8 Å². The number of hydrogen-bond donors (Lipinski definition) is 2. The van der Waals surface area contributed by atoms with Crippen LogP contribution in [0.15, 0.2) is 29.2 Å². The van der Waals surface area contributed by atoms with E-state index in [0.717, 1.165) is 11.5 Å². The van der Waals surface area contributed by atoms with Gasteiger partial charge in [-0.05, 0) is 48.9 Å². The normalized spacial score (nSPS) is 16.3. The van der Waals surface area contributed by atoms with E-state index in [-0.39, 0.29) is 6.61 Å². The predicted octanol–water partition coefficient (Wildman–Crippen LogP) is 1.88. The van der Waals surface area contributed by atoms with Crippen molar-refractivity contribution in [2.45, 2.75) is 17.9 Å². The summed E-state index contributed by atoms with van der Waals surface area (Å²) in [6.45, 7) is 2.53. The molecule has 1 fully saturated rings. The fourth-order valence-corrected chi connectivity index (χ4v) is 2.60. The number of rotatable bonds is 5. The van der Waals surface area contributed by atoms with E-state index in [1.807, 2.05) is 23.9 Å². The first-order valence-electron chi connectivity index (χ1n) is 5.42. The van der Waals surface area contributed by atoms with Crippen molar-refractivity contribution in [3.63, 3.8) is 0 Å². The van der Waals surface area contributed by atoms with Gasteiger partial charge in [-0.3, -0.25) is 0 Å². The van der Waals surface area contributed by atoms with Crippen molar-refractivity contribution in [3.05, 3.63) is 29.8 Å². The number of aliphatic hydroxyl groups is 1. The quantitative estimate of drug-likeness (QED) is 0.748. The number of benzene rings is 1. The maximum absolute atomic E-state index is 8.90. The Hall–Kier alpha value is -0.510. The molecule has 1 saturated heterocycles. The molecule has 3 heteroatoms. The molecule has 0 unspecified atom stereocenters. The van der Waals surface area contributed by atoms with Gasteiger partial charge in [0.2, 0.25) is 0 Å². The molecule has 1 heterocycles. The minimum absolute atomic E-state index is 0.138. The van der Waals surface area contributed by atoms with Crippen molar-refractivity contribution >= 4 is 11.8 Å². The molecule has 0 amide bonds. The summed E-state index contributed by atoms with van der Waals surface area (Å²) in [6.07, 6.45) is 1.30. The Bertz CT molecular complexity index is 295. The lowest BCUT2D eigenvalue weighted by Gasteiger charge is -2.26. The second-order valence-corrected chi connectivity index (χ2v) is 5.13. The van der Waals surface area contributed by atoms with Gasteiger partial charge in [0.05, 0.1) is 6.61 Å². The van der Waals surface area contributed by atoms with Crippen LogP contribution in [0.5, 0.6) is 0 Å². The van der Waals surface area contributed by atoms with E-state index in [0.29, 0.717) is 0 Å². The SMILES string of the molecule is OCc1ccc(SCCC2CNC2)cc1. The molecular formula is C12H17NOS. The minimum atomic E-state index is 0.138. The Labute approximate surface area is 95.1 Å². The third-order valence-corrected chi connectivity index (χ3v) is 3.81. The van der Waals surface area contributed by atoms with Gasteiger partial charge in [-0.25, -0.2) is 0 Å². The highest BCUT2D eigenvalue weighted by Gasteiger charge is 2.15. The van der Waals surface area contributed by atoms with Crippen molar-refractivity contribution in [1.29, 1.82) is 0 Å². The number of aliphatic hydroxyl groups excluding tert-OH is 1. The summed E-state index contributed by atoms with van der Waals surface area (Å²) in [5.41, 5.74) is 0.988. The monoisotopic (exact) mass is 223 g/mol. The molecular weight excluding hydrogens is 206 g/mol. The molecule has 0 aliphatic carbocycles. The van der Waals surface area contributed by atoms with E-state index < -0.39 is 0 Å². The van der Waals surface area contributed by atoms with E-state index >= 15 is 0 Å². The number of hydrogen-bond acceptors (Lipinski definition) is 3. The topological polar surface area (TPSA) is 32.3 Å². The highest BCUT2D eigenvalue weighted by atomic mass is 32.2. The van der Waals surface area contributed by atoms with Gasteiger partial charge >= 0.3 is 0 Å². The Kier molecular flexibility index (Phi) is 4.06. The van der Waals surface area contributed by atoms with Gasteiger partial charge in [-0.2, -0.15) is 0 Å². The van der Waals surface area contributed by atoms with Crippen molar-refractivity contribution in [3.8, 4) is 0 Å². The molecule has 0 atom stereocenters. The molecule has 2 nitrogen and oxygen atoms in total. The first-order chi connectivity index (χ1) is 7.38. The van der Waals surface area contributed by atoms with Crippen LogP contribution in [0.25, 0.3) is 0 Å². The average Bonchev–Trinajstić information content (AvgIpc) is 2.23. The summed E-state index contributed by atoms with van der Waals surface area (Å²) in [5, 5.41) is 12.2. The predicted molar refractivity (Wildman–Crippen MR) is 64.1 cm³/mol. The van der Waals surface area contributed by atoms with E-state index in [1.165, 1.54) is 30.2 Å². The zero-order valence-electron chi connectivity index (χ0n) is 8.78. The second kappa shape index (κ2) is 5.54. The zero-order chi connectivity index (χ0) is 10.5. The standard InChI is InChI=1S/C12H17NOS/c14-9-10-1-3-12(4-2-10)15-6-5-11-7-13-8-11/h1-4,11,13-14H,5-9H2. The van der Waals surface area contributed by atoms with Crippen LogP contribution in [0.3, 0.4) is 0 Å². The third-order valence-electron chi connectivity index (χ3n) is 2.77. The van der Waals surface area contributed by atoms with Gasteiger partial charge in [0.25, 0.3) is 0 Å². The number of thioether (sulfide) groups is 1. The van der Waals surface area contributed by atoms with Gasteiger partial charge in [0.1, 0.15) is 0 Å². The van der Waals surface area contributed by atoms with Crippen LogP contribution >= 0.6 is 11.8 Å². The molecule has 0 spiro atoms. The molecule has 82 valence electrons. The summed E-state index contributed by atoms with van der Waals surface area (Å²) in [5.74, 6) is 2.10. The van der Waals surface area contributed by atoms with Crippen LogP contribution in [-0.4, -0.2) is 23.9 Å². The minimum Gasteiger partial charge on any atom is -0.392 e. The molecule has 1 aliphatic rings. The molecule has 0 bridgehead atoms. The molecule has 2 N–H and O–H groups in total. The van der Waals surface area contributed by atoms with Crippen LogP contribution < -0.4 is 5.32 Å². The highest BCUT2D eigenvalue weighted by molar-refractivity contribution is 7.99. The van der Waals surface area contributed by atoms with Crippen molar-refractivity contribution in [2.75, 3.05) is 18.8 Å². The molecule has 1 aromatic carbocycles. The van der Waals surface area contributed by atoms with Crippen molar-refractivity contribution < 1.29 is 5.11 Å². The highest BCUT2D eigenvalue weighted by Crippen LogP contribution is 2.22. The van der Waals surface area contributed by atoms with E-state index in [4.69, 9.17) is 5.11 Å². The molecule has 0 aromatic heterocycles. The molecule has 2 rings (SSSR count). The maximum Gasteiger partial charge on any atom is 0.0681 e. The van der Waals surface area contributed by atoms with Gasteiger partial charge in [-0.1, -0.05) is 12.1 Å². The van der Waals surface area contributed by atoms with Crippen LogP contribution in [0.2, 0.25) is 0 Å². The van der Waals surface area contributed by atoms with Crippen LogP contribution in [0.1, 0.15) is 12.0 Å². The lowest BCUT2D eigenvalue weighted by molar-refractivity contribution is 0.282. The third kappa shape index (κ3) is 3.23. The Morgan fingerprint density at radius 2 is 2.00 bits per heavy atom. The zero-order valence-corrected chi connectivity index (χ0v) is 9.59. The number of nitrogens with one attached hydrogen (secondary N) is 1. The molecule has 1 aromatic rings. The van der Waals surface area contributed by atoms with Crippen LogP contribution in [0.4, 0.5) is 0 Å². The second-order valence-electron chi connectivity index (χ2n) is 3.96. The van der Waals surface area contributed by atoms with Crippen molar-refractivity contribution in [2.24, 2.45) is 5.92 Å². The fourth-order valence-electron chi connectivity index (χ4n) is 1.59. The van der Waals surface area contributed by atoms with Crippen LogP contribution in [-0.2, 0) is 6.61 Å². The molecule has 0 radical (unpaired) electrons. The largest absolute Gasteiger partial charge is 0.392 e. The van der Waals surface area contributed by atoms with E-state index in [9.17, 15) is 0 Å². The van der Waals surface area contributed by atoms with Gasteiger partial charge < -0.3 is 10.4 Å². The van der Waals surface area contributed by atoms with Crippen LogP contribution in [0, 0.1) is 5.92 Å². The van der Waals surface area contributed by atoms with Crippen molar-refractivity contribution in [1.82, 2.24) is 5.32 Å². The smallest absolute Gasteiger partial charge is 0.0681 e. The lowest BCUT2D eigenvalue weighted by Crippen LogP contribution is -2.42. The maximum atomic E-state index is 8.90.